The number of hydrogen-bond donors (Lipinski definition) is 2. The average molecular weight is 343 g/mol. The van der Waals surface area contributed by atoms with Gasteiger partial charge in [-0.15, -0.1) is 5.10 Å². The van der Waals surface area contributed by atoms with Gasteiger partial charge < -0.3 is 16.0 Å². The van der Waals surface area contributed by atoms with Gasteiger partial charge in [-0.25, -0.2) is 9.67 Å². The third-order valence-corrected chi connectivity index (χ3v) is 4.55. The lowest BCUT2D eigenvalue weighted by Crippen LogP contribution is -2.47. The smallest absolute Gasteiger partial charge is 0.242 e. The molecular formula is C17H25N7O. The van der Waals surface area contributed by atoms with Crippen molar-refractivity contribution in [1.82, 2.24) is 30.2 Å². The van der Waals surface area contributed by atoms with Gasteiger partial charge in [-0.3, -0.25) is 4.79 Å². The molecule has 1 saturated heterocycles. The Morgan fingerprint density at radius 3 is 2.84 bits per heavy atom. The fourth-order valence-corrected chi connectivity index (χ4v) is 3.10. The summed E-state index contributed by atoms with van der Waals surface area (Å²) in [7, 11) is 0. The Labute approximate surface area is 147 Å². The largest absolute Gasteiger partial charge is 0.384 e. The number of carbonyl (C=O) groups excluding carboxylic acids is 1. The molecule has 25 heavy (non-hydrogen) atoms. The van der Waals surface area contributed by atoms with Crippen molar-refractivity contribution in [2.45, 2.75) is 45.3 Å². The van der Waals surface area contributed by atoms with Gasteiger partial charge >= 0.3 is 0 Å². The molecule has 0 unspecified atom stereocenters. The molecule has 2 aromatic rings. The molecule has 1 fully saturated rings. The number of nitrogens with one attached hydrogen (secondary N) is 1. The third-order valence-electron chi connectivity index (χ3n) is 4.55. The molecule has 1 amide bonds. The lowest BCUT2D eigenvalue weighted by molar-refractivity contribution is -0.122. The van der Waals surface area contributed by atoms with Crippen molar-refractivity contribution < 1.29 is 4.79 Å². The zero-order valence-electron chi connectivity index (χ0n) is 14.7. The highest BCUT2D eigenvalue weighted by Gasteiger charge is 2.22. The highest BCUT2D eigenvalue weighted by Crippen LogP contribution is 2.17. The molecule has 3 heterocycles. The maximum Gasteiger partial charge on any atom is 0.242 e. The van der Waals surface area contributed by atoms with E-state index in [9.17, 15) is 4.79 Å². The molecule has 0 saturated carbocycles. The molecule has 3 rings (SSSR count). The molecule has 8 nitrogen and oxygen atoms in total. The van der Waals surface area contributed by atoms with Crippen LogP contribution in [0.15, 0.2) is 24.5 Å². The van der Waals surface area contributed by atoms with Crippen LogP contribution in [0.5, 0.6) is 0 Å². The minimum atomic E-state index is -0.0336. The molecule has 0 atom stereocenters. The first-order chi connectivity index (χ1) is 12.0. The van der Waals surface area contributed by atoms with E-state index in [1.54, 1.807) is 23.1 Å². The van der Waals surface area contributed by atoms with Crippen molar-refractivity contribution in [3.8, 4) is 11.3 Å². The van der Waals surface area contributed by atoms with Crippen molar-refractivity contribution in [2.75, 3.05) is 18.8 Å². The van der Waals surface area contributed by atoms with Gasteiger partial charge in [0.05, 0.1) is 6.20 Å². The number of amides is 1. The number of nitrogens with zero attached hydrogens (tertiary/aromatic N) is 5. The van der Waals surface area contributed by atoms with Crippen LogP contribution < -0.4 is 11.1 Å². The fourth-order valence-electron chi connectivity index (χ4n) is 3.10. The van der Waals surface area contributed by atoms with Crippen LogP contribution in [0.4, 0.5) is 5.82 Å². The number of pyridine rings is 1. The van der Waals surface area contributed by atoms with E-state index in [-0.39, 0.29) is 18.5 Å². The first kappa shape index (κ1) is 17.3. The molecule has 0 bridgehead atoms. The van der Waals surface area contributed by atoms with Crippen molar-refractivity contribution in [2.24, 2.45) is 0 Å². The number of aromatic nitrogens is 4. The Morgan fingerprint density at radius 1 is 1.40 bits per heavy atom. The topological polar surface area (TPSA) is 102 Å². The van der Waals surface area contributed by atoms with Crippen LogP contribution in [0.25, 0.3) is 11.3 Å². The standard InChI is InChI=1S/C17H25N7O/c1-12(2)23-7-4-14(5-8-23)20-17(25)11-24-10-15(21-22-24)13-3-6-19-16(18)9-13/h3,6,9-10,12,14H,4-5,7-8,11H2,1-2H3,(H2,18,19)(H,20,25). The summed E-state index contributed by atoms with van der Waals surface area (Å²) in [6, 6.07) is 4.35. The summed E-state index contributed by atoms with van der Waals surface area (Å²) in [6.45, 7) is 6.63. The van der Waals surface area contributed by atoms with Crippen LogP contribution >= 0.6 is 0 Å². The lowest BCUT2D eigenvalue weighted by Gasteiger charge is -2.34. The Hall–Kier alpha value is -2.48. The predicted octanol–water partition coefficient (Wildman–Crippen LogP) is 0.911. The van der Waals surface area contributed by atoms with Crippen molar-refractivity contribution >= 4 is 11.7 Å². The Balaban J connectivity index is 1.52. The molecule has 0 spiro atoms. The molecule has 0 radical (unpaired) electrons. The highest BCUT2D eigenvalue weighted by molar-refractivity contribution is 5.76. The van der Waals surface area contributed by atoms with E-state index in [0.29, 0.717) is 17.6 Å². The minimum absolute atomic E-state index is 0.0336. The fraction of sp³-hybridized carbons (Fsp3) is 0.529. The number of nitrogens with two attached hydrogens (primary N) is 1. The molecule has 0 aliphatic carbocycles. The lowest BCUT2D eigenvalue weighted by atomic mass is 10.0. The second-order valence-corrected chi connectivity index (χ2v) is 6.74. The molecular weight excluding hydrogens is 318 g/mol. The summed E-state index contributed by atoms with van der Waals surface area (Å²) in [5, 5.41) is 11.2. The highest BCUT2D eigenvalue weighted by atomic mass is 16.2. The van der Waals surface area contributed by atoms with Gasteiger partial charge in [0.25, 0.3) is 0 Å². The summed E-state index contributed by atoms with van der Waals surface area (Å²) < 4.78 is 1.55. The molecule has 1 aliphatic rings. The summed E-state index contributed by atoms with van der Waals surface area (Å²) in [6.07, 6.45) is 5.35. The molecule has 134 valence electrons. The molecule has 3 N–H and O–H groups in total. The van der Waals surface area contributed by atoms with Gasteiger partial charge in [0.15, 0.2) is 0 Å². The monoisotopic (exact) mass is 343 g/mol. The maximum absolute atomic E-state index is 12.3. The van der Waals surface area contributed by atoms with Crippen LogP contribution in [0.2, 0.25) is 0 Å². The molecule has 8 heteroatoms. The second-order valence-electron chi connectivity index (χ2n) is 6.74. The number of likely N-dealkylation sites (tertiary alicyclic amines) is 1. The Morgan fingerprint density at radius 2 is 2.16 bits per heavy atom. The van der Waals surface area contributed by atoms with Crippen molar-refractivity contribution in [1.29, 1.82) is 0 Å². The normalized spacial score (nSPS) is 16.3. The van der Waals surface area contributed by atoms with E-state index in [0.717, 1.165) is 31.5 Å². The van der Waals surface area contributed by atoms with Crippen LogP contribution in [0.3, 0.4) is 0 Å². The van der Waals surface area contributed by atoms with Crippen LogP contribution in [0.1, 0.15) is 26.7 Å². The second kappa shape index (κ2) is 7.60. The van der Waals surface area contributed by atoms with Gasteiger partial charge in [0.1, 0.15) is 18.1 Å². The SMILES string of the molecule is CC(C)N1CCC(NC(=O)Cn2cc(-c3ccnc(N)c3)nn2)CC1. The number of nitrogen functional groups attached to an aromatic ring is 1. The summed E-state index contributed by atoms with van der Waals surface area (Å²) in [5.41, 5.74) is 7.19. The molecule has 1 aliphatic heterocycles. The maximum atomic E-state index is 12.3. The first-order valence-electron chi connectivity index (χ1n) is 8.66. The number of hydrogen-bond acceptors (Lipinski definition) is 6. The summed E-state index contributed by atoms with van der Waals surface area (Å²) >= 11 is 0. The van der Waals surface area contributed by atoms with Crippen LogP contribution in [-0.4, -0.2) is 56.0 Å². The van der Waals surface area contributed by atoms with Crippen LogP contribution in [-0.2, 0) is 11.3 Å². The zero-order chi connectivity index (χ0) is 17.8. The van der Waals surface area contributed by atoms with Gasteiger partial charge in [0, 0.05) is 36.9 Å². The van der Waals surface area contributed by atoms with Crippen molar-refractivity contribution in [3.63, 3.8) is 0 Å². The van der Waals surface area contributed by atoms with E-state index in [2.05, 4.69) is 39.4 Å². The third kappa shape index (κ3) is 4.54. The van der Waals surface area contributed by atoms with E-state index in [4.69, 9.17) is 5.73 Å². The number of anilines is 1. The number of rotatable bonds is 5. The van der Waals surface area contributed by atoms with Crippen molar-refractivity contribution in [3.05, 3.63) is 24.5 Å². The Bertz CT molecular complexity index is 719. The van der Waals surface area contributed by atoms with E-state index in [1.165, 1.54) is 0 Å². The van der Waals surface area contributed by atoms with Crippen LogP contribution in [0, 0.1) is 0 Å². The van der Waals surface area contributed by atoms with Gasteiger partial charge in [-0.2, -0.15) is 0 Å². The molecule has 0 aromatic carbocycles. The number of piperidine rings is 1. The first-order valence-corrected chi connectivity index (χ1v) is 8.66. The predicted molar refractivity (Wildman–Crippen MR) is 95.5 cm³/mol. The Kier molecular flexibility index (Phi) is 5.28. The quantitative estimate of drug-likeness (QED) is 0.837. The average Bonchev–Trinajstić information content (AvgIpc) is 3.03. The van der Waals surface area contributed by atoms with E-state index in [1.807, 2.05) is 6.07 Å². The zero-order valence-corrected chi connectivity index (χ0v) is 14.7. The summed E-state index contributed by atoms with van der Waals surface area (Å²) in [4.78, 5) is 18.6. The van der Waals surface area contributed by atoms with E-state index >= 15 is 0 Å². The van der Waals surface area contributed by atoms with Gasteiger partial charge in [-0.05, 0) is 38.8 Å². The van der Waals surface area contributed by atoms with Gasteiger partial charge in [0.2, 0.25) is 5.91 Å². The molecule has 2 aromatic heterocycles. The summed E-state index contributed by atoms with van der Waals surface area (Å²) in [5.74, 6) is 0.395. The minimum Gasteiger partial charge on any atom is -0.384 e. The van der Waals surface area contributed by atoms with E-state index < -0.39 is 0 Å². The van der Waals surface area contributed by atoms with Gasteiger partial charge in [-0.1, -0.05) is 5.21 Å². The number of carbonyl (C=O) groups is 1.